The molecule has 1 aromatic carbocycles. The van der Waals surface area contributed by atoms with Gasteiger partial charge in [-0.15, -0.1) is 0 Å². The molecular formula is C20H24F4N4O4. The molecule has 3 rings (SSSR count). The number of halogens is 4. The third-order valence-corrected chi connectivity index (χ3v) is 5.18. The van der Waals surface area contributed by atoms with Crippen molar-refractivity contribution in [2.24, 2.45) is 0 Å². The number of hydrogen-bond acceptors (Lipinski definition) is 6. The molecule has 2 aliphatic heterocycles. The lowest BCUT2D eigenvalue weighted by Gasteiger charge is -2.26. The van der Waals surface area contributed by atoms with Crippen LogP contribution in [0.2, 0.25) is 0 Å². The van der Waals surface area contributed by atoms with Crippen LogP contribution in [-0.4, -0.2) is 55.4 Å². The van der Waals surface area contributed by atoms with Crippen molar-refractivity contribution in [2.75, 3.05) is 24.8 Å². The molecule has 2 fully saturated rings. The van der Waals surface area contributed by atoms with Crippen molar-refractivity contribution in [1.29, 1.82) is 5.26 Å². The molecule has 8 nitrogen and oxygen atoms in total. The molecule has 0 spiro atoms. The predicted molar refractivity (Wildman–Crippen MR) is 104 cm³/mol. The summed E-state index contributed by atoms with van der Waals surface area (Å²) in [4.78, 5) is 14.2. The average Bonchev–Trinajstić information content (AvgIpc) is 3.08. The third-order valence-electron chi connectivity index (χ3n) is 5.18. The number of carbonyl (C=O) groups excluding carboxylic acids is 1. The number of nitrogens with one attached hydrogen (secondary N) is 1. The summed E-state index contributed by atoms with van der Waals surface area (Å²) in [6.45, 7) is 3.41. The monoisotopic (exact) mass is 460 g/mol. The lowest BCUT2D eigenvalue weighted by molar-refractivity contribution is -0.189. The van der Waals surface area contributed by atoms with E-state index in [1.165, 1.54) is 4.90 Å². The number of ether oxygens (including phenoxy) is 3. The first-order valence-corrected chi connectivity index (χ1v) is 10.2. The van der Waals surface area contributed by atoms with E-state index >= 15 is 0 Å². The minimum Gasteiger partial charge on any atom is -0.480 e. The molecule has 0 radical (unpaired) electrons. The maximum atomic E-state index is 14.7. The highest BCUT2D eigenvalue weighted by atomic mass is 19.4. The first-order chi connectivity index (χ1) is 15.2. The molecule has 2 unspecified atom stereocenters. The molecular weight excluding hydrogens is 436 g/mol. The summed E-state index contributed by atoms with van der Waals surface area (Å²) in [7, 11) is 0. The van der Waals surface area contributed by atoms with E-state index in [-0.39, 0.29) is 18.8 Å². The number of carbonyl (C=O) groups is 1. The third kappa shape index (κ3) is 5.23. The minimum atomic E-state index is -4.69. The Kier molecular flexibility index (Phi) is 7.43. The number of hydrogen-bond donors (Lipinski definition) is 1. The number of anilines is 1. The van der Waals surface area contributed by atoms with E-state index < -0.39 is 47.9 Å². The number of rotatable bonds is 7. The highest BCUT2D eigenvalue weighted by molar-refractivity contribution is 5.93. The van der Waals surface area contributed by atoms with Gasteiger partial charge in [0.15, 0.2) is 12.4 Å². The van der Waals surface area contributed by atoms with Gasteiger partial charge in [-0.3, -0.25) is 0 Å². The standard InChI is InChI=1S/C20H24F4N4O4/c1-3-27-17(11-31-18-6-4-5-7-30-18)26-28(19(27)29)15-9-16(13(10-25)8-14(15)21)32-12(2)20(22,23)24/h8-9,12,17-18,26H,3-7,11H2,1-2H3/t12-,17?,18?/m0/s1. The summed E-state index contributed by atoms with van der Waals surface area (Å²) >= 11 is 0. The minimum absolute atomic E-state index is 0.0626. The second-order valence-corrected chi connectivity index (χ2v) is 7.39. The maximum Gasteiger partial charge on any atom is 0.425 e. The number of hydrazine groups is 1. The van der Waals surface area contributed by atoms with E-state index in [9.17, 15) is 27.6 Å². The zero-order valence-electron chi connectivity index (χ0n) is 17.6. The Hall–Kier alpha value is -2.62. The normalized spacial score (nSPS) is 22.7. The lowest BCUT2D eigenvalue weighted by atomic mass is 10.1. The topological polar surface area (TPSA) is 87.1 Å². The number of alkyl halides is 3. The fraction of sp³-hybridized carbons (Fsp3) is 0.600. The molecule has 1 aromatic rings. The molecule has 32 heavy (non-hydrogen) atoms. The highest BCUT2D eigenvalue weighted by Crippen LogP contribution is 2.33. The predicted octanol–water partition coefficient (Wildman–Crippen LogP) is 3.66. The van der Waals surface area contributed by atoms with E-state index in [1.54, 1.807) is 13.0 Å². The molecule has 2 heterocycles. The quantitative estimate of drug-likeness (QED) is 0.625. The van der Waals surface area contributed by atoms with Crippen molar-refractivity contribution in [3.63, 3.8) is 0 Å². The van der Waals surface area contributed by atoms with Crippen LogP contribution < -0.4 is 15.2 Å². The SMILES string of the molecule is CCN1C(=O)N(c2cc(O[C@@H](C)C(F)(F)F)c(C#N)cc2F)NC1COC1CCCCO1. The van der Waals surface area contributed by atoms with Gasteiger partial charge in [-0.25, -0.2) is 19.6 Å². The van der Waals surface area contributed by atoms with Gasteiger partial charge in [0, 0.05) is 19.2 Å². The number of nitriles is 1. The zero-order valence-corrected chi connectivity index (χ0v) is 17.6. The molecule has 0 aromatic heterocycles. The Bertz CT molecular complexity index is 870. The first-order valence-electron chi connectivity index (χ1n) is 10.2. The molecule has 2 saturated heterocycles. The van der Waals surface area contributed by atoms with Gasteiger partial charge in [-0.1, -0.05) is 0 Å². The number of urea groups is 1. The summed E-state index contributed by atoms with van der Waals surface area (Å²) in [5.41, 5.74) is 2.03. The van der Waals surface area contributed by atoms with E-state index in [4.69, 9.17) is 14.2 Å². The molecule has 176 valence electrons. The van der Waals surface area contributed by atoms with Crippen molar-refractivity contribution >= 4 is 11.7 Å². The first kappa shape index (κ1) is 24.0. The van der Waals surface area contributed by atoms with Crippen LogP contribution >= 0.6 is 0 Å². The van der Waals surface area contributed by atoms with Crippen molar-refractivity contribution < 1.29 is 36.6 Å². The van der Waals surface area contributed by atoms with Gasteiger partial charge in [0.25, 0.3) is 0 Å². The smallest absolute Gasteiger partial charge is 0.425 e. The van der Waals surface area contributed by atoms with Crippen LogP contribution in [0.3, 0.4) is 0 Å². The molecule has 3 atom stereocenters. The van der Waals surface area contributed by atoms with E-state index in [2.05, 4.69) is 5.43 Å². The van der Waals surface area contributed by atoms with Gasteiger partial charge < -0.3 is 19.1 Å². The fourth-order valence-corrected chi connectivity index (χ4v) is 3.39. The summed E-state index contributed by atoms with van der Waals surface area (Å²) in [6.07, 6.45) is -5.34. The van der Waals surface area contributed by atoms with E-state index in [0.717, 1.165) is 43.3 Å². The number of nitrogens with zero attached hydrogens (tertiary/aromatic N) is 3. The Morgan fingerprint density at radius 3 is 2.72 bits per heavy atom. The Morgan fingerprint density at radius 2 is 2.12 bits per heavy atom. The van der Waals surface area contributed by atoms with Crippen LogP contribution in [-0.2, 0) is 9.47 Å². The van der Waals surface area contributed by atoms with Crippen LogP contribution in [0.4, 0.5) is 28.0 Å². The van der Waals surface area contributed by atoms with E-state index in [1.807, 2.05) is 0 Å². The fourth-order valence-electron chi connectivity index (χ4n) is 3.39. The molecule has 2 amide bonds. The Labute approximate surface area is 182 Å². The second-order valence-electron chi connectivity index (χ2n) is 7.39. The van der Waals surface area contributed by atoms with Crippen molar-refractivity contribution in [1.82, 2.24) is 10.3 Å². The molecule has 12 heteroatoms. The Balaban J connectivity index is 1.81. The number of benzene rings is 1. The van der Waals surface area contributed by atoms with Crippen LogP contribution in [0, 0.1) is 17.1 Å². The van der Waals surface area contributed by atoms with Crippen LogP contribution in [0.5, 0.6) is 5.75 Å². The summed E-state index contributed by atoms with van der Waals surface area (Å²) < 4.78 is 69.5. The van der Waals surface area contributed by atoms with Gasteiger partial charge in [0.05, 0.1) is 12.2 Å². The molecule has 1 N–H and O–H groups in total. The largest absolute Gasteiger partial charge is 0.480 e. The van der Waals surface area contributed by atoms with Gasteiger partial charge in [0.2, 0.25) is 0 Å². The number of likely N-dealkylation sites (N-methyl/N-ethyl adjacent to an activating group) is 1. The van der Waals surface area contributed by atoms with Crippen LogP contribution in [0.15, 0.2) is 12.1 Å². The second kappa shape index (κ2) is 9.89. The van der Waals surface area contributed by atoms with Crippen molar-refractivity contribution in [3.8, 4) is 11.8 Å². The van der Waals surface area contributed by atoms with Crippen LogP contribution in [0.1, 0.15) is 38.7 Å². The molecule has 0 saturated carbocycles. The van der Waals surface area contributed by atoms with Gasteiger partial charge in [0.1, 0.15) is 29.5 Å². The maximum absolute atomic E-state index is 14.7. The molecule has 0 bridgehead atoms. The van der Waals surface area contributed by atoms with Crippen molar-refractivity contribution in [3.05, 3.63) is 23.5 Å². The zero-order chi connectivity index (χ0) is 23.5. The van der Waals surface area contributed by atoms with Gasteiger partial charge in [-0.2, -0.15) is 18.4 Å². The summed E-state index contributed by atoms with van der Waals surface area (Å²) in [5, 5.41) is 10.0. The highest BCUT2D eigenvalue weighted by Gasteiger charge is 2.41. The van der Waals surface area contributed by atoms with Gasteiger partial charge in [-0.05, 0) is 39.2 Å². The van der Waals surface area contributed by atoms with Crippen molar-refractivity contribution in [2.45, 2.75) is 57.8 Å². The average molecular weight is 460 g/mol. The molecule has 0 aliphatic carbocycles. The number of amides is 2. The molecule has 2 aliphatic rings. The van der Waals surface area contributed by atoms with Gasteiger partial charge >= 0.3 is 12.2 Å². The summed E-state index contributed by atoms with van der Waals surface area (Å²) in [5.74, 6) is -1.45. The summed E-state index contributed by atoms with van der Waals surface area (Å²) in [6, 6.07) is 2.63. The Morgan fingerprint density at radius 1 is 1.38 bits per heavy atom. The lowest BCUT2D eigenvalue weighted by Crippen LogP contribution is -2.43. The van der Waals surface area contributed by atoms with Crippen LogP contribution in [0.25, 0.3) is 0 Å². The van der Waals surface area contributed by atoms with E-state index in [0.29, 0.717) is 6.61 Å².